The van der Waals surface area contributed by atoms with Crippen LogP contribution in [0.3, 0.4) is 0 Å². The quantitative estimate of drug-likeness (QED) is 0.461. The number of hydrogen-bond donors (Lipinski definition) is 2. The van der Waals surface area contributed by atoms with Crippen molar-refractivity contribution in [1.82, 2.24) is 0 Å². The highest BCUT2D eigenvalue weighted by atomic mass is 31.2. The highest BCUT2D eigenvalue weighted by Crippen LogP contribution is 2.24. The first kappa shape index (κ1) is 12.3. The van der Waals surface area contributed by atoms with Gasteiger partial charge in [0.15, 0.2) is 0 Å². The van der Waals surface area contributed by atoms with Crippen LogP contribution in [0.25, 0.3) is 0 Å². The van der Waals surface area contributed by atoms with Gasteiger partial charge in [-0.05, 0) is 6.42 Å². The van der Waals surface area contributed by atoms with Gasteiger partial charge in [-0.2, -0.15) is 0 Å². The van der Waals surface area contributed by atoms with Crippen LogP contribution >= 0.6 is 8.60 Å². The Bertz CT molecular complexity index is 88.4. The lowest BCUT2D eigenvalue weighted by Gasteiger charge is -2.03. The van der Waals surface area contributed by atoms with Crippen molar-refractivity contribution in [3.05, 3.63) is 0 Å². The van der Waals surface area contributed by atoms with E-state index in [-0.39, 0.29) is 0 Å². The van der Waals surface area contributed by atoms with E-state index in [1.165, 1.54) is 25.7 Å². The van der Waals surface area contributed by atoms with E-state index in [1.54, 1.807) is 0 Å². The summed E-state index contributed by atoms with van der Waals surface area (Å²) >= 11 is 0. The van der Waals surface area contributed by atoms with Crippen LogP contribution in [0.2, 0.25) is 0 Å². The second kappa shape index (κ2) is 9.40. The zero-order chi connectivity index (χ0) is 9.23. The Morgan fingerprint density at radius 1 is 1.00 bits per heavy atom. The zero-order valence-corrected chi connectivity index (χ0v) is 8.59. The minimum Gasteiger partial charge on any atom is -0.328 e. The van der Waals surface area contributed by atoms with Crippen LogP contribution < -0.4 is 0 Å². The molecule has 0 saturated heterocycles. The Hall–Kier alpha value is 0.310. The van der Waals surface area contributed by atoms with Gasteiger partial charge in [-0.15, -0.1) is 0 Å². The maximum absolute atomic E-state index is 8.39. The second-order valence-electron chi connectivity index (χ2n) is 2.85. The lowest BCUT2D eigenvalue weighted by molar-refractivity contribution is 0.248. The summed E-state index contributed by atoms with van der Waals surface area (Å²) in [6.07, 6.45) is 7.13. The number of hydrogen-bond acceptors (Lipinski definition) is 3. The third-order valence-corrected chi connectivity index (χ3v) is 2.12. The molecule has 0 aromatic rings. The molecule has 0 spiro atoms. The predicted octanol–water partition coefficient (Wildman–Crippen LogP) is 2.58. The van der Waals surface area contributed by atoms with Crippen molar-refractivity contribution in [1.29, 1.82) is 0 Å². The van der Waals surface area contributed by atoms with Crippen LogP contribution in [0.5, 0.6) is 0 Å². The van der Waals surface area contributed by atoms with Crippen LogP contribution in [0.1, 0.15) is 45.4 Å². The number of unbranched alkanes of at least 4 members (excludes halogenated alkanes) is 5. The van der Waals surface area contributed by atoms with Crippen molar-refractivity contribution in [2.75, 3.05) is 6.61 Å². The molecule has 0 aliphatic carbocycles. The third kappa shape index (κ3) is 10.3. The van der Waals surface area contributed by atoms with E-state index in [9.17, 15) is 0 Å². The van der Waals surface area contributed by atoms with E-state index in [2.05, 4.69) is 11.4 Å². The molecule has 0 aliphatic rings. The van der Waals surface area contributed by atoms with Gasteiger partial charge in [-0.1, -0.05) is 39.0 Å². The smallest absolute Gasteiger partial charge is 0.327 e. The van der Waals surface area contributed by atoms with Crippen molar-refractivity contribution < 1.29 is 14.3 Å². The third-order valence-electron chi connectivity index (χ3n) is 1.70. The summed E-state index contributed by atoms with van der Waals surface area (Å²) in [6.45, 7) is 2.67. The molecule has 3 nitrogen and oxygen atoms in total. The first-order valence-electron chi connectivity index (χ1n) is 4.58. The second-order valence-corrected chi connectivity index (χ2v) is 3.62. The van der Waals surface area contributed by atoms with Gasteiger partial charge in [-0.25, -0.2) is 0 Å². The largest absolute Gasteiger partial charge is 0.328 e. The average molecular weight is 194 g/mol. The normalized spacial score (nSPS) is 11.0. The number of rotatable bonds is 8. The van der Waals surface area contributed by atoms with Crippen molar-refractivity contribution in [3.63, 3.8) is 0 Å². The summed E-state index contributed by atoms with van der Waals surface area (Å²) in [5.41, 5.74) is 0. The van der Waals surface area contributed by atoms with Gasteiger partial charge >= 0.3 is 8.60 Å². The van der Waals surface area contributed by atoms with Gasteiger partial charge in [0, 0.05) is 0 Å². The highest BCUT2D eigenvalue weighted by Gasteiger charge is 1.97. The fourth-order valence-corrected chi connectivity index (χ4v) is 1.32. The van der Waals surface area contributed by atoms with Crippen LogP contribution in [-0.2, 0) is 4.52 Å². The van der Waals surface area contributed by atoms with Gasteiger partial charge in [0.25, 0.3) is 0 Å². The molecule has 0 rings (SSSR count). The summed E-state index contributed by atoms with van der Waals surface area (Å²) in [6, 6.07) is 0. The monoisotopic (exact) mass is 194 g/mol. The zero-order valence-electron chi connectivity index (χ0n) is 7.70. The molecular weight excluding hydrogens is 175 g/mol. The van der Waals surface area contributed by atoms with Crippen molar-refractivity contribution in [2.24, 2.45) is 0 Å². The molecule has 0 aliphatic heterocycles. The molecule has 0 bridgehead atoms. The molecule has 0 amide bonds. The Morgan fingerprint density at radius 2 is 1.58 bits per heavy atom. The lowest BCUT2D eigenvalue weighted by Crippen LogP contribution is -1.89. The van der Waals surface area contributed by atoms with E-state index < -0.39 is 8.60 Å². The molecule has 0 fully saturated rings. The lowest BCUT2D eigenvalue weighted by atomic mass is 10.1. The van der Waals surface area contributed by atoms with E-state index in [4.69, 9.17) is 9.79 Å². The van der Waals surface area contributed by atoms with Crippen molar-refractivity contribution in [2.45, 2.75) is 45.4 Å². The van der Waals surface area contributed by atoms with Crippen molar-refractivity contribution >= 4 is 8.60 Å². The summed E-state index contributed by atoms with van der Waals surface area (Å²) in [4.78, 5) is 16.8. The van der Waals surface area contributed by atoms with E-state index >= 15 is 0 Å². The molecule has 2 N–H and O–H groups in total. The standard InChI is InChI=1S/C8H19O3P/c1-2-3-4-5-6-7-8-11-12(9)10/h9-10H,2-8H2,1H3. The molecule has 0 atom stereocenters. The van der Waals surface area contributed by atoms with Crippen LogP contribution in [0.4, 0.5) is 0 Å². The molecule has 0 aromatic carbocycles. The van der Waals surface area contributed by atoms with Gasteiger partial charge in [0.05, 0.1) is 6.61 Å². The molecule has 0 saturated carbocycles. The summed E-state index contributed by atoms with van der Waals surface area (Å²) < 4.78 is 4.62. The molecule has 0 aromatic heterocycles. The molecule has 74 valence electrons. The maximum Gasteiger partial charge on any atom is 0.327 e. The Labute approximate surface area is 75.8 Å². The average Bonchev–Trinajstić information content (AvgIpc) is 2.02. The molecular formula is C8H19O3P. The molecule has 0 heterocycles. The highest BCUT2D eigenvalue weighted by molar-refractivity contribution is 7.39. The summed E-state index contributed by atoms with van der Waals surface area (Å²) in [5.74, 6) is 0. The minimum atomic E-state index is -2.13. The van der Waals surface area contributed by atoms with Gasteiger partial charge in [0.2, 0.25) is 0 Å². The minimum absolute atomic E-state index is 0.477. The van der Waals surface area contributed by atoms with E-state index in [0.29, 0.717) is 6.61 Å². The fraction of sp³-hybridized carbons (Fsp3) is 1.00. The van der Waals surface area contributed by atoms with Gasteiger partial charge < -0.3 is 14.3 Å². The van der Waals surface area contributed by atoms with Crippen LogP contribution in [-0.4, -0.2) is 16.4 Å². The van der Waals surface area contributed by atoms with E-state index in [0.717, 1.165) is 12.8 Å². The Kier molecular flexibility index (Phi) is 9.64. The fourth-order valence-electron chi connectivity index (χ4n) is 1.03. The van der Waals surface area contributed by atoms with E-state index in [1.807, 2.05) is 0 Å². The first-order chi connectivity index (χ1) is 5.77. The predicted molar refractivity (Wildman–Crippen MR) is 50.7 cm³/mol. The molecule has 12 heavy (non-hydrogen) atoms. The first-order valence-corrected chi connectivity index (χ1v) is 5.74. The van der Waals surface area contributed by atoms with Gasteiger partial charge in [0.1, 0.15) is 0 Å². The molecule has 4 heteroatoms. The van der Waals surface area contributed by atoms with Gasteiger partial charge in [-0.3, -0.25) is 0 Å². The van der Waals surface area contributed by atoms with Crippen LogP contribution in [0, 0.1) is 0 Å². The van der Waals surface area contributed by atoms with Crippen molar-refractivity contribution in [3.8, 4) is 0 Å². The Morgan fingerprint density at radius 3 is 2.17 bits per heavy atom. The Balaban J connectivity index is 2.82. The van der Waals surface area contributed by atoms with Crippen LogP contribution in [0.15, 0.2) is 0 Å². The molecule has 0 radical (unpaired) electrons. The molecule has 0 unspecified atom stereocenters. The topological polar surface area (TPSA) is 49.7 Å². The summed E-state index contributed by atoms with van der Waals surface area (Å²) in [5, 5.41) is 0. The SMILES string of the molecule is CCCCCCCCOP(O)O. The maximum atomic E-state index is 8.39. The summed E-state index contributed by atoms with van der Waals surface area (Å²) in [7, 11) is -2.13.